The molecule has 38 heavy (non-hydrogen) atoms. The van der Waals surface area contributed by atoms with Crippen LogP contribution in [0.2, 0.25) is 0 Å². The molecule has 1 saturated heterocycles. The van der Waals surface area contributed by atoms with Crippen molar-refractivity contribution >= 4 is 22.8 Å². The van der Waals surface area contributed by atoms with Crippen molar-refractivity contribution in [2.24, 2.45) is 0 Å². The first-order valence-electron chi connectivity index (χ1n) is 12.8. The van der Waals surface area contributed by atoms with Crippen LogP contribution in [0.5, 0.6) is 5.75 Å². The Morgan fingerprint density at radius 3 is 2.58 bits per heavy atom. The van der Waals surface area contributed by atoms with Crippen LogP contribution in [-0.2, 0) is 27.4 Å². The van der Waals surface area contributed by atoms with E-state index in [0.717, 1.165) is 35.2 Å². The average molecular weight is 514 g/mol. The Morgan fingerprint density at radius 2 is 1.84 bits per heavy atom. The van der Waals surface area contributed by atoms with E-state index in [1.54, 1.807) is 16.7 Å². The molecule has 5 rings (SSSR count). The number of amides is 2. The van der Waals surface area contributed by atoms with Crippen LogP contribution in [0.25, 0.3) is 11.0 Å². The van der Waals surface area contributed by atoms with Crippen LogP contribution in [0, 0.1) is 0 Å². The summed E-state index contributed by atoms with van der Waals surface area (Å²) in [5.74, 6) is 0.212. The molecule has 0 spiro atoms. The monoisotopic (exact) mass is 513 g/mol. The molecule has 0 aliphatic carbocycles. The number of nitrogens with zero attached hydrogens (tertiary/aromatic N) is 4. The van der Waals surface area contributed by atoms with Gasteiger partial charge in [-0.25, -0.2) is 4.68 Å². The summed E-state index contributed by atoms with van der Waals surface area (Å²) in [6.07, 6.45) is 1.88. The van der Waals surface area contributed by atoms with E-state index in [9.17, 15) is 9.59 Å². The van der Waals surface area contributed by atoms with Crippen molar-refractivity contribution < 1.29 is 19.1 Å². The number of nitrogens with one attached hydrogen (secondary N) is 1. The van der Waals surface area contributed by atoms with Gasteiger partial charge in [0, 0.05) is 19.7 Å². The van der Waals surface area contributed by atoms with E-state index in [1.807, 2.05) is 78.9 Å². The third-order valence-corrected chi connectivity index (χ3v) is 6.74. The fourth-order valence-electron chi connectivity index (χ4n) is 4.73. The maximum atomic E-state index is 14.0. The van der Waals surface area contributed by atoms with Gasteiger partial charge in [0.05, 0.1) is 18.7 Å². The number of fused-ring (bicyclic) bond motifs is 1. The fraction of sp³-hybridized carbons (Fsp3) is 0.310. The van der Waals surface area contributed by atoms with Crippen LogP contribution >= 0.6 is 0 Å². The molecule has 0 radical (unpaired) electrons. The predicted molar refractivity (Wildman–Crippen MR) is 142 cm³/mol. The molecule has 0 unspecified atom stereocenters. The highest BCUT2D eigenvalue weighted by molar-refractivity contribution is 5.89. The Hall–Kier alpha value is -4.24. The van der Waals surface area contributed by atoms with Crippen LogP contribution in [0.4, 0.5) is 0 Å². The number of rotatable bonds is 10. The van der Waals surface area contributed by atoms with Gasteiger partial charge in [-0.15, -0.1) is 5.10 Å². The largest absolute Gasteiger partial charge is 0.497 e. The highest BCUT2D eigenvalue weighted by atomic mass is 16.5. The maximum Gasteiger partial charge on any atom is 0.247 e. The van der Waals surface area contributed by atoms with Crippen LogP contribution in [0.1, 0.15) is 30.0 Å². The molecular formula is C29H31N5O4. The molecular weight excluding hydrogens is 482 g/mol. The molecule has 2 amide bonds. The van der Waals surface area contributed by atoms with Gasteiger partial charge < -0.3 is 19.7 Å². The Labute approximate surface area is 221 Å². The number of hydrogen-bond acceptors (Lipinski definition) is 6. The molecule has 4 aromatic rings. The molecule has 1 aliphatic rings. The summed E-state index contributed by atoms with van der Waals surface area (Å²) in [7, 11) is 1.61. The van der Waals surface area contributed by atoms with Gasteiger partial charge >= 0.3 is 0 Å². The summed E-state index contributed by atoms with van der Waals surface area (Å²) < 4.78 is 12.6. The Balaban J connectivity index is 1.47. The lowest BCUT2D eigenvalue weighted by Crippen LogP contribution is -2.46. The lowest BCUT2D eigenvalue weighted by Gasteiger charge is -2.32. The zero-order valence-corrected chi connectivity index (χ0v) is 21.3. The first-order valence-corrected chi connectivity index (χ1v) is 12.8. The quantitative estimate of drug-likeness (QED) is 0.349. The van der Waals surface area contributed by atoms with E-state index in [-0.39, 0.29) is 31.0 Å². The second-order valence-corrected chi connectivity index (χ2v) is 9.30. The predicted octanol–water partition coefficient (Wildman–Crippen LogP) is 3.51. The van der Waals surface area contributed by atoms with Crippen LogP contribution in [0.15, 0.2) is 78.9 Å². The summed E-state index contributed by atoms with van der Waals surface area (Å²) in [6.45, 7) is 1.28. The summed E-state index contributed by atoms with van der Waals surface area (Å²) in [5.41, 5.74) is 3.05. The van der Waals surface area contributed by atoms with E-state index >= 15 is 0 Å². The number of ether oxygens (including phenoxy) is 2. The van der Waals surface area contributed by atoms with Gasteiger partial charge in [0.1, 0.15) is 23.9 Å². The zero-order valence-electron chi connectivity index (χ0n) is 21.3. The molecule has 1 aromatic heterocycles. The number of para-hydroxylation sites is 1. The van der Waals surface area contributed by atoms with E-state index in [0.29, 0.717) is 18.7 Å². The number of hydrogen-bond donors (Lipinski definition) is 1. The SMILES string of the molecule is COc1ccc(CN(C(=O)Cn2nnc3ccccc32)[C@H](C(=O)NC[C@@H]2CCCO2)c2ccccc2)cc1. The number of carbonyl (C=O) groups excluding carboxylic acids is 2. The molecule has 9 nitrogen and oxygen atoms in total. The van der Waals surface area contributed by atoms with Gasteiger partial charge in [0.15, 0.2) is 0 Å². The van der Waals surface area contributed by atoms with Crippen LogP contribution in [0.3, 0.4) is 0 Å². The molecule has 2 atom stereocenters. The van der Waals surface area contributed by atoms with Crippen LogP contribution < -0.4 is 10.1 Å². The summed E-state index contributed by atoms with van der Waals surface area (Å²) in [6, 6.07) is 23.5. The van der Waals surface area contributed by atoms with Crippen molar-refractivity contribution in [3.63, 3.8) is 0 Å². The molecule has 0 bridgehead atoms. The normalized spacial score (nSPS) is 15.8. The summed E-state index contributed by atoms with van der Waals surface area (Å²) >= 11 is 0. The standard InChI is InChI=1S/C29H31N5O4/c1-37-23-15-13-21(14-16-23)19-33(27(35)20-34-26-12-6-5-11-25(26)31-32-34)28(22-8-3-2-4-9-22)29(36)30-18-24-10-7-17-38-24/h2-6,8-9,11-16,24,28H,7,10,17-20H2,1H3,(H,30,36)/t24-,28-/m0/s1. The average Bonchev–Trinajstić information content (AvgIpc) is 3.63. The van der Waals surface area contributed by atoms with Crippen molar-refractivity contribution in [2.75, 3.05) is 20.3 Å². The van der Waals surface area contributed by atoms with E-state index in [4.69, 9.17) is 9.47 Å². The van der Waals surface area contributed by atoms with Gasteiger partial charge in [-0.2, -0.15) is 0 Å². The third kappa shape index (κ3) is 5.84. The molecule has 1 fully saturated rings. The minimum Gasteiger partial charge on any atom is -0.497 e. The molecule has 196 valence electrons. The lowest BCUT2D eigenvalue weighted by molar-refractivity contribution is -0.142. The number of benzene rings is 3. The highest BCUT2D eigenvalue weighted by Gasteiger charge is 2.32. The summed E-state index contributed by atoms with van der Waals surface area (Å²) in [4.78, 5) is 29.3. The maximum absolute atomic E-state index is 14.0. The van der Waals surface area contributed by atoms with Crippen molar-refractivity contribution in [3.8, 4) is 5.75 Å². The van der Waals surface area contributed by atoms with Gasteiger partial charge in [-0.05, 0) is 48.2 Å². The van der Waals surface area contributed by atoms with E-state index in [1.165, 1.54) is 0 Å². The minimum absolute atomic E-state index is 0.0115. The molecule has 1 aliphatic heterocycles. The molecule has 9 heteroatoms. The topological polar surface area (TPSA) is 98.6 Å². The number of methoxy groups -OCH3 is 1. The third-order valence-electron chi connectivity index (χ3n) is 6.74. The van der Waals surface area contributed by atoms with Crippen molar-refractivity contribution in [1.29, 1.82) is 0 Å². The lowest BCUT2D eigenvalue weighted by atomic mass is 10.0. The number of aromatic nitrogens is 3. The van der Waals surface area contributed by atoms with Crippen LogP contribution in [-0.4, -0.2) is 58.1 Å². The van der Waals surface area contributed by atoms with E-state index < -0.39 is 6.04 Å². The van der Waals surface area contributed by atoms with Gasteiger partial charge in [-0.3, -0.25) is 9.59 Å². The van der Waals surface area contributed by atoms with Crippen molar-refractivity contribution in [1.82, 2.24) is 25.2 Å². The number of carbonyl (C=O) groups is 2. The smallest absolute Gasteiger partial charge is 0.247 e. The van der Waals surface area contributed by atoms with Gasteiger partial charge in [-0.1, -0.05) is 59.8 Å². The van der Waals surface area contributed by atoms with E-state index in [2.05, 4.69) is 15.6 Å². The van der Waals surface area contributed by atoms with Crippen molar-refractivity contribution in [2.45, 2.75) is 38.1 Å². The first-order chi connectivity index (χ1) is 18.6. The second-order valence-electron chi connectivity index (χ2n) is 9.30. The molecule has 3 aromatic carbocycles. The molecule has 0 saturated carbocycles. The highest BCUT2D eigenvalue weighted by Crippen LogP contribution is 2.26. The molecule has 2 heterocycles. The Kier molecular flexibility index (Phi) is 7.94. The molecule has 1 N–H and O–H groups in total. The second kappa shape index (κ2) is 11.9. The Morgan fingerprint density at radius 1 is 1.08 bits per heavy atom. The fourth-order valence-corrected chi connectivity index (χ4v) is 4.73. The summed E-state index contributed by atoms with van der Waals surface area (Å²) in [5, 5.41) is 11.4. The van der Waals surface area contributed by atoms with Gasteiger partial charge in [0.2, 0.25) is 11.8 Å². The Bertz CT molecular complexity index is 1370. The first kappa shape index (κ1) is 25.4. The minimum atomic E-state index is -0.845. The van der Waals surface area contributed by atoms with Gasteiger partial charge in [0.25, 0.3) is 0 Å². The van der Waals surface area contributed by atoms with Crippen molar-refractivity contribution in [3.05, 3.63) is 90.0 Å². The zero-order chi connectivity index (χ0) is 26.3.